The van der Waals surface area contributed by atoms with Gasteiger partial charge in [0.2, 0.25) is 0 Å². The summed E-state index contributed by atoms with van der Waals surface area (Å²) in [4.78, 5) is 29.7. The van der Waals surface area contributed by atoms with Crippen LogP contribution in [0.1, 0.15) is 37.4 Å². The molecule has 1 heterocycles. The van der Waals surface area contributed by atoms with Crippen molar-refractivity contribution in [3.63, 3.8) is 0 Å². The predicted octanol–water partition coefficient (Wildman–Crippen LogP) is 3.86. The standard InChI is InChI=1S/C26H32N2O5/c1-17(2)33-19-13-11-18(12-14-19)24(29)22-23(20-9-6-7-10-21(20)32-5)28(26(31)25(22)30)16-8-15-27(3)4/h6-7,9-14,17,23,29H,8,15-16H2,1-5H3/b24-22-. The van der Waals surface area contributed by atoms with Crippen LogP contribution in [0, 0.1) is 0 Å². The molecule has 1 fully saturated rings. The summed E-state index contributed by atoms with van der Waals surface area (Å²) in [5.41, 5.74) is 1.16. The number of hydrogen-bond acceptors (Lipinski definition) is 6. The molecule has 1 amide bonds. The van der Waals surface area contributed by atoms with Gasteiger partial charge in [-0.3, -0.25) is 9.59 Å². The Balaban J connectivity index is 2.08. The number of aliphatic hydroxyl groups excluding tert-OH is 1. The van der Waals surface area contributed by atoms with Gasteiger partial charge in [0.05, 0.1) is 24.8 Å². The molecule has 3 rings (SSSR count). The van der Waals surface area contributed by atoms with Crippen molar-refractivity contribution in [2.75, 3.05) is 34.3 Å². The van der Waals surface area contributed by atoms with E-state index in [4.69, 9.17) is 9.47 Å². The Hall–Kier alpha value is -3.32. The Morgan fingerprint density at radius 1 is 1.09 bits per heavy atom. The van der Waals surface area contributed by atoms with E-state index < -0.39 is 17.7 Å². The van der Waals surface area contributed by atoms with Crippen LogP contribution in [0.25, 0.3) is 5.76 Å². The van der Waals surface area contributed by atoms with Crippen LogP contribution in [0.15, 0.2) is 54.1 Å². The maximum Gasteiger partial charge on any atom is 0.295 e. The van der Waals surface area contributed by atoms with Crippen molar-refractivity contribution in [2.45, 2.75) is 32.4 Å². The highest BCUT2D eigenvalue weighted by Gasteiger charge is 2.46. The van der Waals surface area contributed by atoms with Crippen LogP contribution in [0.4, 0.5) is 0 Å². The smallest absolute Gasteiger partial charge is 0.295 e. The van der Waals surface area contributed by atoms with Gasteiger partial charge in [-0.15, -0.1) is 0 Å². The molecule has 2 aromatic carbocycles. The first kappa shape index (κ1) is 24.3. The molecule has 1 saturated heterocycles. The second-order valence-electron chi connectivity index (χ2n) is 8.58. The predicted molar refractivity (Wildman–Crippen MR) is 127 cm³/mol. The van der Waals surface area contributed by atoms with Crippen LogP contribution < -0.4 is 9.47 Å². The van der Waals surface area contributed by atoms with Gasteiger partial charge in [0.25, 0.3) is 11.7 Å². The number of ketones is 1. The van der Waals surface area contributed by atoms with E-state index in [9.17, 15) is 14.7 Å². The van der Waals surface area contributed by atoms with E-state index >= 15 is 0 Å². The van der Waals surface area contributed by atoms with Crippen molar-refractivity contribution >= 4 is 17.4 Å². The number of methoxy groups -OCH3 is 1. The van der Waals surface area contributed by atoms with Gasteiger partial charge in [0, 0.05) is 17.7 Å². The van der Waals surface area contributed by atoms with E-state index in [0.717, 1.165) is 6.54 Å². The molecule has 0 aromatic heterocycles. The van der Waals surface area contributed by atoms with Crippen molar-refractivity contribution in [3.05, 3.63) is 65.2 Å². The minimum atomic E-state index is -0.741. The minimum Gasteiger partial charge on any atom is -0.507 e. The summed E-state index contributed by atoms with van der Waals surface area (Å²) in [6.07, 6.45) is 0.704. The summed E-state index contributed by atoms with van der Waals surface area (Å²) in [6.45, 7) is 5.00. The topological polar surface area (TPSA) is 79.3 Å². The summed E-state index contributed by atoms with van der Waals surface area (Å²) < 4.78 is 11.2. The summed E-state index contributed by atoms with van der Waals surface area (Å²) in [7, 11) is 5.46. The number of benzene rings is 2. The molecule has 0 radical (unpaired) electrons. The third kappa shape index (κ3) is 5.37. The molecule has 0 bridgehead atoms. The molecule has 7 nitrogen and oxygen atoms in total. The van der Waals surface area contributed by atoms with Crippen molar-refractivity contribution < 1.29 is 24.2 Å². The second-order valence-corrected chi connectivity index (χ2v) is 8.58. The fraction of sp³-hybridized carbons (Fsp3) is 0.385. The van der Waals surface area contributed by atoms with Crippen molar-refractivity contribution in [2.24, 2.45) is 0 Å². The number of nitrogens with zero attached hydrogens (tertiary/aromatic N) is 2. The molecule has 1 aliphatic rings. The Bertz CT molecular complexity index is 1030. The van der Waals surface area contributed by atoms with Gasteiger partial charge < -0.3 is 24.4 Å². The molecule has 1 aliphatic heterocycles. The molecule has 0 saturated carbocycles. The third-order valence-electron chi connectivity index (χ3n) is 5.48. The van der Waals surface area contributed by atoms with E-state index in [1.165, 1.54) is 4.90 Å². The zero-order valence-corrected chi connectivity index (χ0v) is 19.9. The number of aliphatic hydroxyl groups is 1. The molecule has 176 valence electrons. The second kappa shape index (κ2) is 10.5. The largest absolute Gasteiger partial charge is 0.507 e. The first-order valence-corrected chi connectivity index (χ1v) is 11.1. The molecule has 1 unspecified atom stereocenters. The van der Waals surface area contributed by atoms with Crippen molar-refractivity contribution in [1.29, 1.82) is 0 Å². The lowest BCUT2D eigenvalue weighted by atomic mass is 9.94. The molecular formula is C26H32N2O5. The number of carbonyl (C=O) groups is 2. The molecule has 1 atom stereocenters. The third-order valence-corrected chi connectivity index (χ3v) is 5.48. The SMILES string of the molecule is COc1ccccc1C1/C(=C(/O)c2ccc(OC(C)C)cc2)C(=O)C(=O)N1CCCN(C)C. The average molecular weight is 453 g/mol. The zero-order valence-electron chi connectivity index (χ0n) is 19.9. The average Bonchev–Trinajstić information content (AvgIpc) is 3.03. The van der Waals surface area contributed by atoms with Crippen molar-refractivity contribution in [1.82, 2.24) is 9.80 Å². The highest BCUT2D eigenvalue weighted by Crippen LogP contribution is 2.42. The molecule has 0 spiro atoms. The van der Waals surface area contributed by atoms with Gasteiger partial charge in [0.1, 0.15) is 17.3 Å². The number of Topliss-reactive ketones (excluding diaryl/α,β-unsaturated/α-hetero) is 1. The monoisotopic (exact) mass is 452 g/mol. The molecule has 1 N–H and O–H groups in total. The summed E-state index contributed by atoms with van der Waals surface area (Å²) in [5, 5.41) is 11.2. The first-order valence-electron chi connectivity index (χ1n) is 11.1. The minimum absolute atomic E-state index is 0.0162. The van der Waals surface area contributed by atoms with Gasteiger partial charge >= 0.3 is 0 Å². The zero-order chi connectivity index (χ0) is 24.1. The molecule has 7 heteroatoms. The van der Waals surface area contributed by atoms with Gasteiger partial charge in [-0.25, -0.2) is 0 Å². The number of ether oxygens (including phenoxy) is 2. The summed E-state index contributed by atoms with van der Waals surface area (Å²) in [6, 6.07) is 13.4. The number of para-hydroxylation sites is 1. The van der Waals surface area contributed by atoms with Crippen molar-refractivity contribution in [3.8, 4) is 11.5 Å². The number of amides is 1. The highest BCUT2D eigenvalue weighted by atomic mass is 16.5. The number of rotatable bonds is 9. The Labute approximate surface area is 195 Å². The summed E-state index contributed by atoms with van der Waals surface area (Å²) >= 11 is 0. The van der Waals surface area contributed by atoms with E-state index in [1.54, 1.807) is 37.4 Å². The van der Waals surface area contributed by atoms with Crippen LogP contribution in [0.2, 0.25) is 0 Å². The maximum atomic E-state index is 13.1. The van der Waals surface area contributed by atoms with Crippen LogP contribution in [-0.2, 0) is 9.59 Å². The number of hydrogen-bond donors (Lipinski definition) is 1. The fourth-order valence-corrected chi connectivity index (χ4v) is 4.00. The Kier molecular flexibility index (Phi) is 7.76. The lowest BCUT2D eigenvalue weighted by Crippen LogP contribution is -2.32. The fourth-order valence-electron chi connectivity index (χ4n) is 4.00. The van der Waals surface area contributed by atoms with Crippen LogP contribution in [-0.4, -0.2) is 67.0 Å². The van der Waals surface area contributed by atoms with Gasteiger partial charge in [-0.2, -0.15) is 0 Å². The normalized spacial score (nSPS) is 17.8. The van der Waals surface area contributed by atoms with Gasteiger partial charge in [0.15, 0.2) is 0 Å². The number of carbonyl (C=O) groups excluding carboxylic acids is 2. The Morgan fingerprint density at radius 2 is 1.76 bits per heavy atom. The molecular weight excluding hydrogens is 420 g/mol. The first-order chi connectivity index (χ1) is 15.7. The molecule has 33 heavy (non-hydrogen) atoms. The van der Waals surface area contributed by atoms with E-state index in [2.05, 4.69) is 0 Å². The van der Waals surface area contributed by atoms with E-state index in [0.29, 0.717) is 35.6 Å². The quantitative estimate of drug-likeness (QED) is 0.354. The highest BCUT2D eigenvalue weighted by molar-refractivity contribution is 6.46. The van der Waals surface area contributed by atoms with E-state index in [-0.39, 0.29) is 17.4 Å². The molecule has 0 aliphatic carbocycles. The number of likely N-dealkylation sites (tertiary alicyclic amines) is 1. The lowest BCUT2D eigenvalue weighted by Gasteiger charge is -2.27. The molecule has 2 aromatic rings. The van der Waals surface area contributed by atoms with Gasteiger partial charge in [-0.05, 0) is 71.2 Å². The van der Waals surface area contributed by atoms with E-state index in [1.807, 2.05) is 51.0 Å². The van der Waals surface area contributed by atoms with Crippen LogP contribution in [0.3, 0.4) is 0 Å². The Morgan fingerprint density at radius 3 is 2.36 bits per heavy atom. The summed E-state index contributed by atoms with van der Waals surface area (Å²) in [5.74, 6) is -0.322. The maximum absolute atomic E-state index is 13.1. The van der Waals surface area contributed by atoms with Gasteiger partial charge in [-0.1, -0.05) is 18.2 Å². The van der Waals surface area contributed by atoms with Crippen LogP contribution >= 0.6 is 0 Å². The lowest BCUT2D eigenvalue weighted by molar-refractivity contribution is -0.140. The van der Waals surface area contributed by atoms with Crippen LogP contribution in [0.5, 0.6) is 11.5 Å².